The molecule has 1 aromatic heterocycles. The van der Waals surface area contributed by atoms with Crippen molar-refractivity contribution in [2.45, 2.75) is 6.54 Å². The van der Waals surface area contributed by atoms with Crippen LogP contribution >= 0.6 is 0 Å². The smallest absolute Gasteiger partial charge is 0.123 e. The van der Waals surface area contributed by atoms with E-state index in [-0.39, 0.29) is 6.61 Å². The fourth-order valence-corrected chi connectivity index (χ4v) is 3.66. The summed E-state index contributed by atoms with van der Waals surface area (Å²) in [5.41, 5.74) is 4.10. The van der Waals surface area contributed by atoms with Gasteiger partial charge in [-0.2, -0.15) is 5.26 Å². The number of aromatic nitrogens is 1. The maximum atomic E-state index is 12.2. The minimum Gasteiger partial charge on any atom is -0.491 e. The fourth-order valence-electron chi connectivity index (χ4n) is 3.66. The summed E-state index contributed by atoms with van der Waals surface area (Å²) in [5, 5.41) is 10.1. The molecule has 1 fully saturated rings. The minimum absolute atomic E-state index is 0.101. The van der Waals surface area contributed by atoms with Gasteiger partial charge in [0.1, 0.15) is 19.0 Å². The SMILES string of the molecule is N#Cc1ccc2[nH]c(CN3CCN(c4ccc(OCCF)cc4)CC3)cc2c1. The Hall–Kier alpha value is -3.04. The summed E-state index contributed by atoms with van der Waals surface area (Å²) in [6.45, 7) is 4.40. The highest BCUT2D eigenvalue weighted by Crippen LogP contribution is 2.22. The number of alkyl halides is 1. The van der Waals surface area contributed by atoms with Crippen molar-refractivity contribution in [3.05, 3.63) is 59.8 Å². The highest BCUT2D eigenvalue weighted by molar-refractivity contribution is 5.81. The quantitative estimate of drug-likeness (QED) is 0.710. The molecule has 6 heteroatoms. The zero-order valence-corrected chi connectivity index (χ0v) is 15.7. The summed E-state index contributed by atoms with van der Waals surface area (Å²) in [6.07, 6.45) is 0. The number of nitriles is 1. The normalized spacial score (nSPS) is 14.9. The summed E-state index contributed by atoms with van der Waals surface area (Å²) in [6, 6.07) is 17.9. The summed E-state index contributed by atoms with van der Waals surface area (Å²) in [5.74, 6) is 0.707. The first-order valence-electron chi connectivity index (χ1n) is 9.53. The van der Waals surface area contributed by atoms with Crippen molar-refractivity contribution in [1.29, 1.82) is 5.26 Å². The van der Waals surface area contributed by atoms with E-state index >= 15 is 0 Å². The molecule has 4 rings (SSSR count). The second-order valence-corrected chi connectivity index (χ2v) is 7.00. The average Bonchev–Trinajstić information content (AvgIpc) is 3.14. The number of ether oxygens (including phenoxy) is 1. The second-order valence-electron chi connectivity index (χ2n) is 7.00. The standard InChI is InChI=1S/C22H23FN4O/c23-7-12-28-21-4-2-20(3-5-21)27-10-8-26(9-11-27)16-19-14-18-13-17(15-24)1-6-22(18)25-19/h1-6,13-14,25H,7-12,16H2. The first kappa shape index (κ1) is 18.3. The van der Waals surface area contributed by atoms with E-state index in [0.29, 0.717) is 11.3 Å². The number of piperazine rings is 1. The van der Waals surface area contributed by atoms with Crippen molar-refractivity contribution in [3.63, 3.8) is 0 Å². The van der Waals surface area contributed by atoms with Gasteiger partial charge in [0.05, 0.1) is 11.6 Å². The molecule has 1 aliphatic heterocycles. The maximum Gasteiger partial charge on any atom is 0.123 e. The van der Waals surface area contributed by atoms with Crippen LogP contribution < -0.4 is 9.64 Å². The van der Waals surface area contributed by atoms with Crippen LogP contribution in [0.5, 0.6) is 5.75 Å². The summed E-state index contributed by atoms with van der Waals surface area (Å²) < 4.78 is 17.5. The fraction of sp³-hybridized carbons (Fsp3) is 0.318. The van der Waals surface area contributed by atoms with Crippen LogP contribution in [0.4, 0.5) is 10.1 Å². The maximum absolute atomic E-state index is 12.2. The van der Waals surface area contributed by atoms with E-state index in [4.69, 9.17) is 10.00 Å². The highest BCUT2D eigenvalue weighted by Gasteiger charge is 2.18. The van der Waals surface area contributed by atoms with E-state index in [1.54, 1.807) is 0 Å². The zero-order chi connectivity index (χ0) is 19.3. The Morgan fingerprint density at radius 2 is 1.82 bits per heavy atom. The van der Waals surface area contributed by atoms with Crippen LogP contribution in [0.1, 0.15) is 11.3 Å². The third kappa shape index (κ3) is 4.10. The van der Waals surface area contributed by atoms with Crippen LogP contribution in [-0.4, -0.2) is 49.3 Å². The van der Waals surface area contributed by atoms with Gasteiger partial charge in [-0.15, -0.1) is 0 Å². The van der Waals surface area contributed by atoms with Gasteiger partial charge in [0.25, 0.3) is 0 Å². The first-order chi connectivity index (χ1) is 13.7. The van der Waals surface area contributed by atoms with Crippen LogP contribution in [0.3, 0.4) is 0 Å². The number of hydrogen-bond donors (Lipinski definition) is 1. The molecule has 0 bridgehead atoms. The number of nitrogens with one attached hydrogen (secondary N) is 1. The Kier molecular flexibility index (Phi) is 5.45. The van der Waals surface area contributed by atoms with Crippen LogP contribution in [0.15, 0.2) is 48.5 Å². The molecule has 0 spiro atoms. The van der Waals surface area contributed by atoms with Crippen molar-refractivity contribution in [1.82, 2.24) is 9.88 Å². The molecule has 3 aromatic rings. The lowest BCUT2D eigenvalue weighted by atomic mass is 10.2. The van der Waals surface area contributed by atoms with Crippen LogP contribution in [0.2, 0.25) is 0 Å². The lowest BCUT2D eigenvalue weighted by Crippen LogP contribution is -2.46. The third-order valence-corrected chi connectivity index (χ3v) is 5.12. The summed E-state index contributed by atoms with van der Waals surface area (Å²) in [7, 11) is 0. The van der Waals surface area contributed by atoms with Gasteiger partial charge in [-0.3, -0.25) is 4.90 Å². The molecule has 0 amide bonds. The average molecular weight is 378 g/mol. The van der Waals surface area contributed by atoms with Gasteiger partial charge in [0.2, 0.25) is 0 Å². The molecular weight excluding hydrogens is 355 g/mol. The van der Waals surface area contributed by atoms with Gasteiger partial charge in [0.15, 0.2) is 0 Å². The summed E-state index contributed by atoms with van der Waals surface area (Å²) in [4.78, 5) is 8.25. The number of anilines is 1. The van der Waals surface area contributed by atoms with Gasteiger partial charge in [-0.25, -0.2) is 4.39 Å². The van der Waals surface area contributed by atoms with E-state index in [1.807, 2.05) is 42.5 Å². The van der Waals surface area contributed by atoms with E-state index in [0.717, 1.165) is 43.6 Å². The topological polar surface area (TPSA) is 55.3 Å². The Morgan fingerprint density at radius 3 is 2.54 bits per heavy atom. The van der Waals surface area contributed by atoms with Gasteiger partial charge in [-0.1, -0.05) is 0 Å². The number of hydrogen-bond acceptors (Lipinski definition) is 4. The number of nitrogens with zero attached hydrogens (tertiary/aromatic N) is 3. The molecule has 0 atom stereocenters. The number of halogens is 1. The predicted molar refractivity (Wildman–Crippen MR) is 108 cm³/mol. The van der Waals surface area contributed by atoms with E-state index in [2.05, 4.69) is 26.9 Å². The van der Waals surface area contributed by atoms with Gasteiger partial charge >= 0.3 is 0 Å². The van der Waals surface area contributed by atoms with Crippen molar-refractivity contribution in [2.75, 3.05) is 44.4 Å². The Bertz CT molecular complexity index is 968. The van der Waals surface area contributed by atoms with Crippen LogP contribution in [0, 0.1) is 11.3 Å². The molecule has 2 heterocycles. The van der Waals surface area contributed by atoms with Crippen LogP contribution in [0.25, 0.3) is 10.9 Å². The van der Waals surface area contributed by atoms with Crippen molar-refractivity contribution in [2.24, 2.45) is 0 Å². The molecule has 2 aromatic carbocycles. The first-order valence-corrected chi connectivity index (χ1v) is 9.53. The molecule has 1 aliphatic rings. The zero-order valence-electron chi connectivity index (χ0n) is 15.7. The lowest BCUT2D eigenvalue weighted by Gasteiger charge is -2.36. The van der Waals surface area contributed by atoms with E-state index in [9.17, 15) is 4.39 Å². The predicted octanol–water partition coefficient (Wildman–Crippen LogP) is 3.71. The molecule has 1 N–H and O–H groups in total. The molecule has 144 valence electrons. The molecular formula is C22H23FN4O. The molecule has 0 unspecified atom stereocenters. The van der Waals surface area contributed by atoms with Crippen LogP contribution in [-0.2, 0) is 6.54 Å². The molecule has 1 saturated heterocycles. The van der Waals surface area contributed by atoms with Crippen molar-refractivity contribution < 1.29 is 9.13 Å². The number of aromatic amines is 1. The number of rotatable bonds is 6. The highest BCUT2D eigenvalue weighted by atomic mass is 19.1. The monoisotopic (exact) mass is 378 g/mol. The van der Waals surface area contributed by atoms with Crippen molar-refractivity contribution >= 4 is 16.6 Å². The molecule has 28 heavy (non-hydrogen) atoms. The van der Waals surface area contributed by atoms with Crippen molar-refractivity contribution in [3.8, 4) is 11.8 Å². The van der Waals surface area contributed by atoms with E-state index < -0.39 is 6.67 Å². The largest absolute Gasteiger partial charge is 0.491 e. The molecule has 5 nitrogen and oxygen atoms in total. The van der Waals surface area contributed by atoms with Gasteiger partial charge in [-0.05, 0) is 48.5 Å². The number of H-pyrrole nitrogens is 1. The minimum atomic E-state index is -0.473. The Balaban J connectivity index is 1.33. The number of fused-ring (bicyclic) bond motifs is 1. The second kappa shape index (κ2) is 8.32. The molecule has 0 radical (unpaired) electrons. The van der Waals surface area contributed by atoms with Gasteiger partial charge in [0, 0.05) is 55.0 Å². The Morgan fingerprint density at radius 1 is 1.04 bits per heavy atom. The summed E-state index contributed by atoms with van der Waals surface area (Å²) >= 11 is 0. The Labute approximate surface area is 163 Å². The lowest BCUT2D eigenvalue weighted by molar-refractivity contribution is 0.247. The molecule has 0 saturated carbocycles. The molecule has 0 aliphatic carbocycles. The number of benzene rings is 2. The third-order valence-electron chi connectivity index (χ3n) is 5.12. The van der Waals surface area contributed by atoms with E-state index in [1.165, 1.54) is 11.4 Å². The van der Waals surface area contributed by atoms with Gasteiger partial charge < -0.3 is 14.6 Å².